The first-order valence-corrected chi connectivity index (χ1v) is 11.7. The van der Waals surface area contributed by atoms with E-state index in [0.29, 0.717) is 12.0 Å². The number of benzene rings is 3. The van der Waals surface area contributed by atoms with Crippen molar-refractivity contribution in [2.45, 2.75) is 37.3 Å². The van der Waals surface area contributed by atoms with Gasteiger partial charge in [0.15, 0.2) is 0 Å². The van der Waals surface area contributed by atoms with E-state index < -0.39 is 5.82 Å². The minimum absolute atomic E-state index is 0.0210. The number of carbonyl (C=O) groups excluding carboxylic acids is 1. The van der Waals surface area contributed by atoms with Gasteiger partial charge in [0, 0.05) is 17.5 Å². The molecule has 1 fully saturated rings. The molecule has 1 aliphatic carbocycles. The van der Waals surface area contributed by atoms with Gasteiger partial charge in [-0.2, -0.15) is 5.26 Å². The largest absolute Gasteiger partial charge is 0.448 e. The van der Waals surface area contributed by atoms with E-state index in [9.17, 15) is 9.18 Å². The predicted octanol–water partition coefficient (Wildman–Crippen LogP) is 6.27. The second-order valence-corrected chi connectivity index (χ2v) is 9.18. The first kappa shape index (κ1) is 20.7. The number of halogens is 1. The summed E-state index contributed by atoms with van der Waals surface area (Å²) in [6, 6.07) is 23.3. The van der Waals surface area contributed by atoms with Gasteiger partial charge in [0.2, 0.25) is 0 Å². The molecule has 3 aromatic rings. The fraction of sp³-hybridized carbons (Fsp3) is 0.241. The molecule has 3 aliphatic rings. The van der Waals surface area contributed by atoms with Crippen molar-refractivity contribution >= 4 is 11.7 Å². The van der Waals surface area contributed by atoms with Crippen LogP contribution in [0.4, 0.5) is 9.18 Å². The van der Waals surface area contributed by atoms with E-state index in [1.165, 1.54) is 28.3 Å². The lowest BCUT2D eigenvalue weighted by Crippen LogP contribution is -2.43. The lowest BCUT2D eigenvalue weighted by molar-refractivity contribution is 0.0866. The molecule has 0 aromatic heterocycles. The van der Waals surface area contributed by atoms with Crippen molar-refractivity contribution in [3.8, 4) is 17.2 Å². The van der Waals surface area contributed by atoms with E-state index >= 15 is 0 Å². The molecule has 2 aliphatic heterocycles. The number of amides is 1. The zero-order valence-corrected chi connectivity index (χ0v) is 18.6. The van der Waals surface area contributed by atoms with Crippen LogP contribution in [0.5, 0.6) is 0 Å². The van der Waals surface area contributed by atoms with E-state index in [4.69, 9.17) is 10.00 Å². The summed E-state index contributed by atoms with van der Waals surface area (Å²) in [7, 11) is 0. The van der Waals surface area contributed by atoms with Crippen LogP contribution in [0.15, 0.2) is 72.8 Å². The first-order valence-electron chi connectivity index (χ1n) is 11.7. The highest BCUT2D eigenvalue weighted by Gasteiger charge is 2.41. The summed E-state index contributed by atoms with van der Waals surface area (Å²) >= 11 is 0. The Hall–Kier alpha value is -3.91. The van der Waals surface area contributed by atoms with Gasteiger partial charge in [0.25, 0.3) is 0 Å². The van der Waals surface area contributed by atoms with E-state index in [1.54, 1.807) is 12.1 Å². The van der Waals surface area contributed by atoms with Gasteiger partial charge in [-0.05, 0) is 53.2 Å². The molecule has 0 N–H and O–H groups in total. The molecule has 2 bridgehead atoms. The van der Waals surface area contributed by atoms with Crippen LogP contribution < -0.4 is 0 Å². The van der Waals surface area contributed by atoms with Gasteiger partial charge in [-0.15, -0.1) is 0 Å². The number of ether oxygens (including phenoxy) is 1. The van der Waals surface area contributed by atoms with Crippen LogP contribution in [-0.4, -0.2) is 29.7 Å². The van der Waals surface area contributed by atoms with Crippen molar-refractivity contribution in [2.24, 2.45) is 0 Å². The molecule has 0 saturated carbocycles. The lowest BCUT2D eigenvalue weighted by atomic mass is 9.93. The number of nitrogens with zero attached hydrogens (tertiary/aromatic N) is 2. The van der Waals surface area contributed by atoms with Gasteiger partial charge in [0.05, 0.1) is 11.6 Å². The molecule has 6 rings (SSSR count). The Kier molecular flexibility index (Phi) is 4.95. The molecule has 5 heteroatoms. The fourth-order valence-electron chi connectivity index (χ4n) is 5.85. The highest BCUT2D eigenvalue weighted by atomic mass is 19.1. The molecular weight excluding hydrogens is 427 g/mol. The van der Waals surface area contributed by atoms with Crippen LogP contribution in [-0.2, 0) is 4.74 Å². The van der Waals surface area contributed by atoms with Crippen LogP contribution in [0.3, 0.4) is 0 Å². The van der Waals surface area contributed by atoms with Crippen LogP contribution in [0.2, 0.25) is 0 Å². The topological polar surface area (TPSA) is 53.3 Å². The minimum atomic E-state index is -0.481. The minimum Gasteiger partial charge on any atom is -0.448 e. The number of hydrogen-bond acceptors (Lipinski definition) is 3. The monoisotopic (exact) mass is 450 g/mol. The predicted molar refractivity (Wildman–Crippen MR) is 127 cm³/mol. The highest BCUT2D eigenvalue weighted by Crippen LogP contribution is 2.45. The molecule has 0 radical (unpaired) electrons. The molecular formula is C29H23FN2O2. The molecule has 2 atom stereocenters. The maximum Gasteiger partial charge on any atom is 0.410 e. The molecule has 0 spiro atoms. The molecule has 4 nitrogen and oxygen atoms in total. The van der Waals surface area contributed by atoms with Crippen molar-refractivity contribution in [1.29, 1.82) is 5.26 Å². The van der Waals surface area contributed by atoms with E-state index in [2.05, 4.69) is 24.3 Å². The van der Waals surface area contributed by atoms with Crippen LogP contribution >= 0.6 is 0 Å². The summed E-state index contributed by atoms with van der Waals surface area (Å²) in [4.78, 5) is 15.0. The molecule has 1 saturated heterocycles. The summed E-state index contributed by atoms with van der Waals surface area (Å²) in [6.07, 6.45) is 3.92. The van der Waals surface area contributed by atoms with Crippen molar-refractivity contribution in [3.05, 3.63) is 101 Å². The Morgan fingerprint density at radius 3 is 2.32 bits per heavy atom. The number of nitriles is 1. The Morgan fingerprint density at radius 2 is 1.65 bits per heavy atom. The Labute approximate surface area is 197 Å². The van der Waals surface area contributed by atoms with Crippen molar-refractivity contribution in [2.75, 3.05) is 6.61 Å². The third-order valence-electron chi connectivity index (χ3n) is 7.41. The van der Waals surface area contributed by atoms with E-state index in [-0.39, 0.29) is 36.3 Å². The average Bonchev–Trinajstić information content (AvgIpc) is 3.33. The second-order valence-electron chi connectivity index (χ2n) is 9.18. The van der Waals surface area contributed by atoms with Gasteiger partial charge in [-0.3, -0.25) is 4.90 Å². The molecule has 34 heavy (non-hydrogen) atoms. The zero-order chi connectivity index (χ0) is 23.2. The summed E-state index contributed by atoms with van der Waals surface area (Å²) in [5, 5.41) is 9.16. The third-order valence-corrected chi connectivity index (χ3v) is 7.41. The second kappa shape index (κ2) is 8.14. The zero-order valence-electron chi connectivity index (χ0n) is 18.6. The fourth-order valence-corrected chi connectivity index (χ4v) is 5.85. The van der Waals surface area contributed by atoms with Gasteiger partial charge >= 0.3 is 6.09 Å². The summed E-state index contributed by atoms with van der Waals surface area (Å²) in [5.41, 5.74) is 6.15. The normalized spacial score (nSPS) is 20.4. The Morgan fingerprint density at radius 1 is 0.971 bits per heavy atom. The SMILES string of the molecule is N#Cc1cccc(C2=CC3CCC(C2)N3C(=O)OCC2c3ccccc3-c3ccccc32)c1F. The van der Waals surface area contributed by atoms with Gasteiger partial charge in [-0.1, -0.05) is 66.7 Å². The van der Waals surface area contributed by atoms with Gasteiger partial charge in [-0.25, -0.2) is 9.18 Å². The van der Waals surface area contributed by atoms with E-state index in [1.807, 2.05) is 41.3 Å². The van der Waals surface area contributed by atoms with Crippen molar-refractivity contribution in [1.82, 2.24) is 4.90 Å². The Bertz CT molecular complexity index is 1330. The summed E-state index contributed by atoms with van der Waals surface area (Å²) in [5.74, 6) is -0.460. The quantitative estimate of drug-likeness (QED) is 0.473. The van der Waals surface area contributed by atoms with E-state index in [0.717, 1.165) is 18.4 Å². The van der Waals surface area contributed by atoms with Gasteiger partial charge < -0.3 is 4.74 Å². The maximum atomic E-state index is 14.8. The summed E-state index contributed by atoms with van der Waals surface area (Å²) in [6.45, 7) is 0.290. The molecule has 3 aromatic carbocycles. The smallest absolute Gasteiger partial charge is 0.410 e. The lowest BCUT2D eigenvalue weighted by Gasteiger charge is -2.33. The standard InChI is InChI=1S/C29H23FN2O2/c30-28-18(16-31)6-5-11-22(28)19-14-20-12-13-21(15-19)32(20)29(33)34-17-27-25-9-3-1-7-23(25)24-8-2-4-10-26(24)27/h1-11,14,20-21,27H,12-13,15,17H2. The van der Waals surface area contributed by atoms with Crippen LogP contribution in [0.1, 0.15) is 47.4 Å². The Balaban J connectivity index is 1.21. The molecule has 2 heterocycles. The third kappa shape index (κ3) is 3.21. The molecule has 1 amide bonds. The van der Waals surface area contributed by atoms with Gasteiger partial charge in [0.1, 0.15) is 18.5 Å². The number of hydrogen-bond donors (Lipinski definition) is 0. The van der Waals surface area contributed by atoms with Crippen molar-refractivity contribution < 1.29 is 13.9 Å². The first-order chi connectivity index (χ1) is 16.7. The highest BCUT2D eigenvalue weighted by molar-refractivity contribution is 5.79. The number of fused-ring (bicyclic) bond motifs is 5. The molecule has 2 unspecified atom stereocenters. The maximum absolute atomic E-state index is 14.8. The van der Waals surface area contributed by atoms with Crippen LogP contribution in [0, 0.1) is 17.1 Å². The average molecular weight is 451 g/mol. The summed E-state index contributed by atoms with van der Waals surface area (Å²) < 4.78 is 20.7. The number of rotatable bonds is 3. The molecule has 168 valence electrons. The van der Waals surface area contributed by atoms with Crippen molar-refractivity contribution in [3.63, 3.8) is 0 Å². The van der Waals surface area contributed by atoms with Crippen LogP contribution in [0.25, 0.3) is 16.7 Å². The number of carbonyl (C=O) groups is 1.